The van der Waals surface area contributed by atoms with Gasteiger partial charge in [0.2, 0.25) is 0 Å². The van der Waals surface area contributed by atoms with Gasteiger partial charge >= 0.3 is 6.18 Å². The lowest BCUT2D eigenvalue weighted by atomic mass is 10.0. The number of aliphatic hydroxyl groups is 1. The van der Waals surface area contributed by atoms with Crippen molar-refractivity contribution in [3.63, 3.8) is 0 Å². The molecule has 3 N–H and O–H groups in total. The number of hydrogen-bond donors (Lipinski definition) is 3. The Balaban J connectivity index is 2.31. The molecule has 1 atom stereocenters. The number of fused-ring (bicyclic) bond motifs is 1. The first kappa shape index (κ1) is 22.2. The number of alkyl halides is 3. The van der Waals surface area contributed by atoms with Gasteiger partial charge in [0.15, 0.2) is 0 Å². The third-order valence-corrected chi connectivity index (χ3v) is 4.74. The topological polar surface area (TPSA) is 104 Å². The van der Waals surface area contributed by atoms with Crippen LogP contribution in [0.4, 0.5) is 13.2 Å². The fraction of sp³-hybridized carbons (Fsp3) is 0.238. The summed E-state index contributed by atoms with van der Waals surface area (Å²) in [5.41, 5.74) is 0.208. The number of rotatable bonds is 6. The molecule has 10 heteroatoms. The standard InChI is InChI=1S/C21H20F3N5O2/c1-12(10-30)29-11-27-19-16(20(29)31)7-17(28-18(19)14(8-25)9-26-2)13-3-5-15(6-4-13)21(22,23)24/h3-9,11-12,25-26,30H,10H2,1-2H3/b14-9+,25-8?. The molecule has 0 aliphatic carbocycles. The van der Waals surface area contributed by atoms with E-state index in [1.165, 1.54) is 35.3 Å². The molecule has 2 heterocycles. The molecule has 3 rings (SSSR count). The second-order valence-electron chi connectivity index (χ2n) is 6.85. The van der Waals surface area contributed by atoms with Crippen LogP contribution >= 0.6 is 0 Å². The average Bonchev–Trinajstić information content (AvgIpc) is 2.76. The third-order valence-electron chi connectivity index (χ3n) is 4.74. The van der Waals surface area contributed by atoms with E-state index in [4.69, 9.17) is 5.41 Å². The van der Waals surface area contributed by atoms with Gasteiger partial charge < -0.3 is 15.8 Å². The number of aromatic nitrogens is 3. The van der Waals surface area contributed by atoms with Gasteiger partial charge in [0.1, 0.15) is 11.2 Å². The van der Waals surface area contributed by atoms with Crippen molar-refractivity contribution >= 4 is 22.7 Å². The quantitative estimate of drug-likeness (QED) is 0.520. The largest absolute Gasteiger partial charge is 0.416 e. The first-order valence-corrected chi connectivity index (χ1v) is 9.30. The molecule has 0 fully saturated rings. The van der Waals surface area contributed by atoms with E-state index in [0.29, 0.717) is 11.1 Å². The molecule has 0 saturated carbocycles. The molecule has 1 unspecified atom stereocenters. The lowest BCUT2D eigenvalue weighted by molar-refractivity contribution is -0.137. The first-order chi connectivity index (χ1) is 14.7. The molecule has 0 aliphatic heterocycles. The lowest BCUT2D eigenvalue weighted by Crippen LogP contribution is -2.26. The number of halogens is 3. The van der Waals surface area contributed by atoms with Crippen LogP contribution in [0.1, 0.15) is 24.2 Å². The molecule has 3 aromatic rings. The predicted molar refractivity (Wildman–Crippen MR) is 112 cm³/mol. The normalized spacial score (nSPS) is 13.3. The summed E-state index contributed by atoms with van der Waals surface area (Å²) in [6, 6.07) is 5.37. The SMILES string of the molecule is CN/C=C(\C=N)c1nc(-c2ccc(C(F)(F)F)cc2)cc2c(=O)n(C(C)CO)cnc12. The van der Waals surface area contributed by atoms with Gasteiger partial charge in [-0.3, -0.25) is 9.36 Å². The van der Waals surface area contributed by atoms with Crippen LogP contribution in [0.5, 0.6) is 0 Å². The lowest BCUT2D eigenvalue weighted by Gasteiger charge is -2.15. The average molecular weight is 431 g/mol. The van der Waals surface area contributed by atoms with E-state index >= 15 is 0 Å². The molecule has 0 amide bonds. The van der Waals surface area contributed by atoms with Gasteiger partial charge in [-0.05, 0) is 25.1 Å². The van der Waals surface area contributed by atoms with Gasteiger partial charge in [0, 0.05) is 30.6 Å². The zero-order valence-electron chi connectivity index (χ0n) is 16.7. The van der Waals surface area contributed by atoms with E-state index in [1.807, 2.05) is 0 Å². The van der Waals surface area contributed by atoms with Crippen molar-refractivity contribution in [1.82, 2.24) is 19.9 Å². The Morgan fingerprint density at radius 2 is 2.00 bits per heavy atom. The van der Waals surface area contributed by atoms with E-state index in [2.05, 4.69) is 15.3 Å². The van der Waals surface area contributed by atoms with Crippen molar-refractivity contribution in [3.8, 4) is 11.3 Å². The summed E-state index contributed by atoms with van der Waals surface area (Å²) in [6.45, 7) is 1.37. The maximum absolute atomic E-state index is 13.1. The van der Waals surface area contributed by atoms with E-state index in [9.17, 15) is 23.1 Å². The maximum Gasteiger partial charge on any atom is 0.416 e. The molecule has 1 aromatic carbocycles. The number of benzene rings is 1. The number of aliphatic hydroxyl groups excluding tert-OH is 1. The van der Waals surface area contributed by atoms with Gasteiger partial charge in [-0.15, -0.1) is 0 Å². The highest BCUT2D eigenvalue weighted by Crippen LogP contribution is 2.31. The molecule has 0 radical (unpaired) electrons. The molecule has 0 spiro atoms. The zero-order valence-corrected chi connectivity index (χ0v) is 16.7. The molecule has 31 heavy (non-hydrogen) atoms. The molecule has 162 valence electrons. The number of nitrogens with zero attached hydrogens (tertiary/aromatic N) is 3. The number of pyridine rings is 1. The fourth-order valence-corrected chi connectivity index (χ4v) is 3.06. The van der Waals surface area contributed by atoms with Crippen LogP contribution in [0.2, 0.25) is 0 Å². The molecular weight excluding hydrogens is 411 g/mol. The van der Waals surface area contributed by atoms with Crippen molar-refractivity contribution in [2.75, 3.05) is 13.7 Å². The monoisotopic (exact) mass is 431 g/mol. The van der Waals surface area contributed by atoms with Gasteiger partial charge in [0.25, 0.3) is 5.56 Å². The minimum atomic E-state index is -4.47. The summed E-state index contributed by atoms with van der Waals surface area (Å²) in [6.07, 6.45) is -0.621. The Labute approximate surface area is 175 Å². The molecular formula is C21H20F3N5O2. The summed E-state index contributed by atoms with van der Waals surface area (Å²) in [5, 5.41) is 20.1. The van der Waals surface area contributed by atoms with Crippen LogP contribution in [-0.4, -0.2) is 39.5 Å². The summed E-state index contributed by atoms with van der Waals surface area (Å²) in [4.78, 5) is 21.9. The number of nitrogens with one attached hydrogen (secondary N) is 2. The smallest absolute Gasteiger partial charge is 0.394 e. The van der Waals surface area contributed by atoms with Gasteiger partial charge in [-0.1, -0.05) is 12.1 Å². The highest BCUT2D eigenvalue weighted by atomic mass is 19.4. The third kappa shape index (κ3) is 4.33. The molecule has 7 nitrogen and oxygen atoms in total. The van der Waals surface area contributed by atoms with E-state index in [-0.39, 0.29) is 28.9 Å². The van der Waals surface area contributed by atoms with Crippen LogP contribution in [0.15, 0.2) is 47.7 Å². The van der Waals surface area contributed by atoms with Crippen LogP contribution < -0.4 is 10.9 Å². The summed E-state index contributed by atoms with van der Waals surface area (Å²) in [5.74, 6) is 0. The van der Waals surface area contributed by atoms with Crippen molar-refractivity contribution in [2.45, 2.75) is 19.1 Å². The molecule has 0 saturated heterocycles. The van der Waals surface area contributed by atoms with E-state index in [0.717, 1.165) is 18.3 Å². The first-order valence-electron chi connectivity index (χ1n) is 9.30. The Morgan fingerprint density at radius 3 is 2.55 bits per heavy atom. The van der Waals surface area contributed by atoms with Crippen molar-refractivity contribution < 1.29 is 18.3 Å². The van der Waals surface area contributed by atoms with Crippen LogP contribution in [0.25, 0.3) is 27.7 Å². The van der Waals surface area contributed by atoms with Crippen LogP contribution in [-0.2, 0) is 6.18 Å². The molecule has 2 aromatic heterocycles. The zero-order chi connectivity index (χ0) is 22.8. The van der Waals surface area contributed by atoms with Gasteiger partial charge in [-0.2, -0.15) is 13.2 Å². The van der Waals surface area contributed by atoms with Crippen molar-refractivity contribution in [2.24, 2.45) is 0 Å². The number of hydrogen-bond acceptors (Lipinski definition) is 6. The summed E-state index contributed by atoms with van der Waals surface area (Å²) < 4.78 is 40.0. The van der Waals surface area contributed by atoms with Gasteiger partial charge in [-0.25, -0.2) is 9.97 Å². The van der Waals surface area contributed by atoms with Crippen LogP contribution in [0.3, 0.4) is 0 Å². The Bertz CT molecular complexity index is 1200. The fourth-order valence-electron chi connectivity index (χ4n) is 3.06. The number of allylic oxidation sites excluding steroid dienone is 1. The minimum absolute atomic E-state index is 0.173. The second kappa shape index (κ2) is 8.68. The Kier molecular flexibility index (Phi) is 6.21. The second-order valence-corrected chi connectivity index (χ2v) is 6.85. The minimum Gasteiger partial charge on any atom is -0.394 e. The molecule has 0 bridgehead atoms. The Hall–Kier alpha value is -3.53. The van der Waals surface area contributed by atoms with Crippen LogP contribution in [0, 0.1) is 5.41 Å². The molecule has 0 aliphatic rings. The Morgan fingerprint density at radius 1 is 1.32 bits per heavy atom. The van der Waals surface area contributed by atoms with Crippen molar-refractivity contribution in [3.05, 3.63) is 64.5 Å². The highest BCUT2D eigenvalue weighted by Gasteiger charge is 2.30. The highest BCUT2D eigenvalue weighted by molar-refractivity contribution is 6.12. The maximum atomic E-state index is 13.1. The van der Waals surface area contributed by atoms with Crippen molar-refractivity contribution in [1.29, 1.82) is 5.41 Å². The van der Waals surface area contributed by atoms with Gasteiger partial charge in [0.05, 0.1) is 35.6 Å². The van der Waals surface area contributed by atoms with E-state index < -0.39 is 23.3 Å². The summed E-state index contributed by atoms with van der Waals surface area (Å²) in [7, 11) is 1.63. The van der Waals surface area contributed by atoms with E-state index in [1.54, 1.807) is 14.0 Å². The summed E-state index contributed by atoms with van der Waals surface area (Å²) >= 11 is 0. The predicted octanol–water partition coefficient (Wildman–Crippen LogP) is 3.24.